The zero-order valence-electron chi connectivity index (χ0n) is 11.8. The minimum atomic E-state index is 0.0383. The molecule has 2 aromatic rings. The van der Waals surface area contributed by atoms with Crippen molar-refractivity contribution in [2.45, 2.75) is 26.2 Å². The molecule has 5 nitrogen and oxygen atoms in total. The Balaban J connectivity index is 1.93. The van der Waals surface area contributed by atoms with Crippen molar-refractivity contribution in [3.05, 3.63) is 52.7 Å². The van der Waals surface area contributed by atoms with Crippen LogP contribution in [0.25, 0.3) is 0 Å². The van der Waals surface area contributed by atoms with E-state index in [1.165, 1.54) is 16.7 Å². The summed E-state index contributed by atoms with van der Waals surface area (Å²) in [6, 6.07) is 7.39. The van der Waals surface area contributed by atoms with Crippen LogP contribution in [0.5, 0.6) is 11.6 Å². The Morgan fingerprint density at radius 1 is 1.29 bits per heavy atom. The first kappa shape index (κ1) is 13.4. The van der Waals surface area contributed by atoms with Crippen LogP contribution in [0.2, 0.25) is 0 Å². The molecule has 0 aliphatic heterocycles. The fraction of sp³-hybridized carbons (Fsp3) is 0.250. The minimum absolute atomic E-state index is 0.0383. The minimum Gasteiger partial charge on any atom is -0.439 e. The van der Waals surface area contributed by atoms with Crippen LogP contribution < -0.4 is 10.5 Å². The fourth-order valence-corrected chi connectivity index (χ4v) is 2.74. The number of nitrogens with two attached hydrogens (primary N) is 1. The summed E-state index contributed by atoms with van der Waals surface area (Å²) in [5, 5.41) is 11.7. The van der Waals surface area contributed by atoms with Gasteiger partial charge >= 0.3 is 0 Å². The summed E-state index contributed by atoms with van der Waals surface area (Å²) in [7, 11) is 0. The summed E-state index contributed by atoms with van der Waals surface area (Å²) in [5.41, 5.74) is 10.1. The van der Waals surface area contributed by atoms with Crippen LogP contribution in [0.4, 0.5) is 0 Å². The van der Waals surface area contributed by atoms with Crippen LogP contribution in [0, 0.1) is 6.92 Å². The molecule has 21 heavy (non-hydrogen) atoms. The van der Waals surface area contributed by atoms with Gasteiger partial charge in [-0.15, -0.1) is 0 Å². The van der Waals surface area contributed by atoms with Crippen molar-refractivity contribution in [3.8, 4) is 11.6 Å². The Hall–Kier alpha value is -2.56. The van der Waals surface area contributed by atoms with Gasteiger partial charge < -0.3 is 15.7 Å². The highest BCUT2D eigenvalue weighted by atomic mass is 16.5. The number of ether oxygens (including phenoxy) is 1. The van der Waals surface area contributed by atoms with Crippen molar-refractivity contribution in [1.29, 1.82) is 0 Å². The van der Waals surface area contributed by atoms with Gasteiger partial charge in [0, 0.05) is 17.8 Å². The molecule has 1 aromatic carbocycles. The molecule has 1 aromatic heterocycles. The third kappa shape index (κ3) is 2.54. The van der Waals surface area contributed by atoms with Gasteiger partial charge in [0.15, 0.2) is 5.84 Å². The van der Waals surface area contributed by atoms with E-state index in [4.69, 9.17) is 15.7 Å². The van der Waals surface area contributed by atoms with Crippen LogP contribution >= 0.6 is 0 Å². The monoisotopic (exact) mass is 283 g/mol. The van der Waals surface area contributed by atoms with Crippen LogP contribution in [0.1, 0.15) is 28.7 Å². The first-order valence-electron chi connectivity index (χ1n) is 6.92. The van der Waals surface area contributed by atoms with Crippen LogP contribution in [0.15, 0.2) is 35.6 Å². The molecule has 0 fully saturated rings. The second kappa shape index (κ2) is 5.44. The number of oxime groups is 1. The Bertz CT molecular complexity index is 711. The number of hydrogen-bond donors (Lipinski definition) is 2. The van der Waals surface area contributed by atoms with Gasteiger partial charge in [-0.2, -0.15) is 0 Å². The lowest BCUT2D eigenvalue weighted by molar-refractivity contribution is 0.318. The molecule has 0 atom stereocenters. The molecule has 3 rings (SSSR count). The number of benzene rings is 1. The lowest BCUT2D eigenvalue weighted by Gasteiger charge is -2.12. The molecule has 0 saturated carbocycles. The Morgan fingerprint density at radius 3 is 2.90 bits per heavy atom. The van der Waals surface area contributed by atoms with Crippen molar-refractivity contribution in [3.63, 3.8) is 0 Å². The molecule has 3 N–H and O–H groups in total. The van der Waals surface area contributed by atoms with E-state index in [1.54, 1.807) is 18.3 Å². The summed E-state index contributed by atoms with van der Waals surface area (Å²) in [4.78, 5) is 4.18. The van der Waals surface area contributed by atoms with Crippen molar-refractivity contribution < 1.29 is 9.94 Å². The number of nitrogens with zero attached hydrogens (tertiary/aromatic N) is 2. The largest absolute Gasteiger partial charge is 0.439 e. The van der Waals surface area contributed by atoms with E-state index in [-0.39, 0.29) is 5.84 Å². The fourth-order valence-electron chi connectivity index (χ4n) is 2.74. The van der Waals surface area contributed by atoms with Gasteiger partial charge in [-0.25, -0.2) is 4.98 Å². The third-order valence-electron chi connectivity index (χ3n) is 3.83. The maximum Gasteiger partial charge on any atom is 0.219 e. The molecular formula is C16H17N3O2. The quantitative estimate of drug-likeness (QED) is 0.393. The number of aromatic nitrogens is 1. The average molecular weight is 283 g/mol. The van der Waals surface area contributed by atoms with Crippen molar-refractivity contribution >= 4 is 5.84 Å². The van der Waals surface area contributed by atoms with E-state index < -0.39 is 0 Å². The molecule has 0 bridgehead atoms. The Kier molecular flexibility index (Phi) is 3.48. The maximum absolute atomic E-state index is 8.73. The summed E-state index contributed by atoms with van der Waals surface area (Å²) in [6.45, 7) is 2.13. The Morgan fingerprint density at radius 2 is 2.10 bits per heavy atom. The lowest BCUT2D eigenvalue weighted by Crippen LogP contribution is -2.13. The van der Waals surface area contributed by atoms with E-state index in [0.717, 1.165) is 25.0 Å². The molecule has 0 spiro atoms. The highest BCUT2D eigenvalue weighted by Crippen LogP contribution is 2.35. The van der Waals surface area contributed by atoms with E-state index in [1.807, 2.05) is 6.07 Å². The highest BCUT2D eigenvalue weighted by molar-refractivity contribution is 5.97. The van der Waals surface area contributed by atoms with Gasteiger partial charge in [0.1, 0.15) is 5.75 Å². The van der Waals surface area contributed by atoms with Crippen molar-refractivity contribution in [2.75, 3.05) is 0 Å². The van der Waals surface area contributed by atoms with Crippen LogP contribution in [0.3, 0.4) is 0 Å². The number of amidine groups is 1. The Labute approximate surface area is 123 Å². The number of pyridine rings is 1. The molecule has 0 amide bonds. The van der Waals surface area contributed by atoms with Gasteiger partial charge in [-0.05, 0) is 55.0 Å². The zero-order valence-corrected chi connectivity index (χ0v) is 11.8. The molecule has 108 valence electrons. The summed E-state index contributed by atoms with van der Waals surface area (Å²) in [6.07, 6.45) is 4.88. The van der Waals surface area contributed by atoms with E-state index in [2.05, 4.69) is 23.1 Å². The molecule has 5 heteroatoms. The number of aryl methyl sites for hydroxylation is 1. The maximum atomic E-state index is 8.73. The molecular weight excluding hydrogens is 266 g/mol. The first-order valence-corrected chi connectivity index (χ1v) is 6.92. The second-order valence-corrected chi connectivity index (χ2v) is 5.16. The second-order valence-electron chi connectivity index (χ2n) is 5.16. The van der Waals surface area contributed by atoms with E-state index >= 15 is 0 Å². The van der Waals surface area contributed by atoms with Gasteiger partial charge in [-0.3, -0.25) is 0 Å². The van der Waals surface area contributed by atoms with Gasteiger partial charge in [0.25, 0.3) is 0 Å². The van der Waals surface area contributed by atoms with Gasteiger partial charge in [-0.1, -0.05) is 11.2 Å². The molecule has 1 aliphatic rings. The highest BCUT2D eigenvalue weighted by Gasteiger charge is 2.18. The molecule has 1 heterocycles. The van der Waals surface area contributed by atoms with Gasteiger partial charge in [0.05, 0.1) is 0 Å². The van der Waals surface area contributed by atoms with Crippen LogP contribution in [-0.2, 0) is 12.8 Å². The molecule has 0 saturated heterocycles. The smallest absolute Gasteiger partial charge is 0.219 e. The van der Waals surface area contributed by atoms with E-state index in [9.17, 15) is 0 Å². The normalized spacial score (nSPS) is 14.0. The number of hydrogen-bond acceptors (Lipinski definition) is 4. The van der Waals surface area contributed by atoms with Crippen molar-refractivity contribution in [2.24, 2.45) is 10.9 Å². The van der Waals surface area contributed by atoms with Crippen LogP contribution in [-0.4, -0.2) is 16.0 Å². The average Bonchev–Trinajstić information content (AvgIpc) is 3.00. The predicted molar refractivity (Wildman–Crippen MR) is 80.0 cm³/mol. The summed E-state index contributed by atoms with van der Waals surface area (Å²) in [5.74, 6) is 1.32. The number of fused-ring (bicyclic) bond motifs is 1. The standard InChI is InChI=1S/C16H17N3O2/c1-10-5-6-14(13-4-2-3-12(10)13)21-15-9-11(7-8-18-15)16(17)19-20/h5-9,20H,2-4H2,1H3,(H2,17,19). The molecule has 0 radical (unpaired) electrons. The first-order chi connectivity index (χ1) is 10.2. The van der Waals surface area contributed by atoms with Gasteiger partial charge in [0.2, 0.25) is 5.88 Å². The molecule has 1 aliphatic carbocycles. The summed E-state index contributed by atoms with van der Waals surface area (Å²) < 4.78 is 5.91. The third-order valence-corrected chi connectivity index (χ3v) is 3.83. The zero-order chi connectivity index (χ0) is 14.8. The topological polar surface area (TPSA) is 80.7 Å². The van der Waals surface area contributed by atoms with Crippen molar-refractivity contribution in [1.82, 2.24) is 4.98 Å². The van der Waals surface area contributed by atoms with E-state index in [0.29, 0.717) is 11.4 Å². The number of rotatable bonds is 3. The lowest BCUT2D eigenvalue weighted by atomic mass is 10.0. The predicted octanol–water partition coefficient (Wildman–Crippen LogP) is 2.77. The molecule has 0 unspecified atom stereocenters. The summed E-state index contributed by atoms with van der Waals surface area (Å²) >= 11 is 0. The SMILES string of the molecule is Cc1ccc(Oc2cc(/C(N)=N/O)ccn2)c2c1CCC2.